The average Bonchev–Trinajstić information content (AvgIpc) is 3.04. The van der Waals surface area contributed by atoms with Crippen LogP contribution in [0.15, 0.2) is 67.0 Å². The molecule has 0 fully saturated rings. The first-order valence-corrected chi connectivity index (χ1v) is 8.31. The van der Waals surface area contributed by atoms with Crippen LogP contribution in [0.1, 0.15) is 15.9 Å². The first kappa shape index (κ1) is 19.0. The van der Waals surface area contributed by atoms with E-state index in [0.717, 1.165) is 7.11 Å². The van der Waals surface area contributed by atoms with Crippen molar-refractivity contribution < 1.29 is 23.5 Å². The monoisotopic (exact) mass is 380 g/mol. The number of hydrogen-bond acceptors (Lipinski definition) is 4. The quantitative estimate of drug-likeness (QED) is 0.639. The minimum Gasteiger partial charge on any atom is -0.464 e. The van der Waals surface area contributed by atoms with Gasteiger partial charge in [-0.15, -0.1) is 0 Å². The van der Waals surface area contributed by atoms with Crippen LogP contribution in [0.2, 0.25) is 0 Å². The maximum atomic E-state index is 14.2. The number of rotatable bonds is 5. The number of esters is 1. The molecule has 1 heterocycles. The molecule has 0 saturated carbocycles. The molecule has 1 aliphatic heterocycles. The van der Waals surface area contributed by atoms with E-state index in [1.54, 1.807) is 36.4 Å². The molecular formula is C21H17FN2O4. The van der Waals surface area contributed by atoms with Gasteiger partial charge in [0.2, 0.25) is 0 Å². The van der Waals surface area contributed by atoms with Gasteiger partial charge in [-0.1, -0.05) is 43.5 Å². The Morgan fingerprint density at radius 1 is 1.07 bits per heavy atom. The van der Waals surface area contributed by atoms with Gasteiger partial charge in [-0.3, -0.25) is 14.5 Å². The molecule has 6 nitrogen and oxygen atoms in total. The van der Waals surface area contributed by atoms with Gasteiger partial charge in [-0.25, -0.2) is 9.18 Å². The number of nitrogens with one attached hydrogen (secondary N) is 1. The van der Waals surface area contributed by atoms with Crippen LogP contribution < -0.4 is 5.32 Å². The number of hydrogen-bond donors (Lipinski definition) is 1. The van der Waals surface area contributed by atoms with E-state index >= 15 is 0 Å². The lowest BCUT2D eigenvalue weighted by atomic mass is 9.96. The number of fused-ring (bicyclic) bond motifs is 1. The normalized spacial score (nSPS) is 12.4. The van der Waals surface area contributed by atoms with Gasteiger partial charge in [0.1, 0.15) is 17.2 Å². The van der Waals surface area contributed by atoms with Crippen LogP contribution in [0.3, 0.4) is 0 Å². The van der Waals surface area contributed by atoms with Crippen LogP contribution >= 0.6 is 0 Å². The average molecular weight is 380 g/mol. The van der Waals surface area contributed by atoms with Crippen molar-refractivity contribution in [3.63, 3.8) is 0 Å². The fraction of sp³-hybridized carbons (Fsp3) is 0.0952. The summed E-state index contributed by atoms with van der Waals surface area (Å²) in [7, 11) is 1.15. The summed E-state index contributed by atoms with van der Waals surface area (Å²) < 4.78 is 18.7. The summed E-state index contributed by atoms with van der Waals surface area (Å²) in [5.74, 6) is -2.41. The van der Waals surface area contributed by atoms with Crippen LogP contribution in [-0.4, -0.2) is 29.8 Å². The smallest absolute Gasteiger partial charge is 0.353 e. The van der Waals surface area contributed by atoms with Crippen molar-refractivity contribution in [1.29, 1.82) is 0 Å². The topological polar surface area (TPSA) is 75.7 Å². The van der Waals surface area contributed by atoms with Crippen molar-refractivity contribution >= 4 is 17.8 Å². The van der Waals surface area contributed by atoms with Crippen LogP contribution in [-0.2, 0) is 20.9 Å². The summed E-state index contributed by atoms with van der Waals surface area (Å²) in [4.78, 5) is 37.7. The van der Waals surface area contributed by atoms with Gasteiger partial charge in [-0.2, -0.15) is 0 Å². The fourth-order valence-electron chi connectivity index (χ4n) is 2.99. The number of carbonyl (C=O) groups is 3. The van der Waals surface area contributed by atoms with Gasteiger partial charge in [0.15, 0.2) is 0 Å². The van der Waals surface area contributed by atoms with Crippen LogP contribution in [0.4, 0.5) is 4.39 Å². The molecule has 0 radical (unpaired) electrons. The Kier molecular flexibility index (Phi) is 5.08. The molecule has 1 aliphatic rings. The second-order valence-corrected chi connectivity index (χ2v) is 6.07. The van der Waals surface area contributed by atoms with Crippen molar-refractivity contribution in [2.45, 2.75) is 6.54 Å². The number of halogens is 1. The first-order chi connectivity index (χ1) is 13.3. The van der Waals surface area contributed by atoms with Gasteiger partial charge in [0, 0.05) is 11.1 Å². The molecule has 0 atom stereocenters. The Balaban J connectivity index is 1.88. The fourth-order valence-corrected chi connectivity index (χ4v) is 2.99. The number of methoxy groups -OCH3 is 1. The van der Waals surface area contributed by atoms with Crippen molar-refractivity contribution in [3.8, 4) is 11.1 Å². The Morgan fingerprint density at radius 3 is 2.39 bits per heavy atom. The molecule has 3 rings (SSSR count). The molecule has 0 bridgehead atoms. The van der Waals surface area contributed by atoms with E-state index in [0.29, 0.717) is 22.3 Å². The highest BCUT2D eigenvalue weighted by Crippen LogP contribution is 2.35. The summed E-state index contributed by atoms with van der Waals surface area (Å²) >= 11 is 0. The molecule has 7 heteroatoms. The molecule has 1 N–H and O–H groups in total. The molecule has 2 amide bonds. The van der Waals surface area contributed by atoms with Crippen molar-refractivity contribution in [2.24, 2.45) is 0 Å². The zero-order valence-corrected chi connectivity index (χ0v) is 15.1. The minimum atomic E-state index is -0.806. The van der Waals surface area contributed by atoms with E-state index in [2.05, 4.69) is 23.2 Å². The first-order valence-electron chi connectivity index (χ1n) is 8.31. The third-order valence-electron chi connectivity index (χ3n) is 4.42. The number of amides is 2. The Hall–Kier alpha value is -3.74. The highest BCUT2D eigenvalue weighted by Gasteiger charge is 2.34. The Morgan fingerprint density at radius 2 is 1.71 bits per heavy atom. The standard InChI is InChI=1S/C21H17FN2O4/c1-12(21(27)28-3)23-19(25)13(2)24-11-17-14(8-6-9-16(17)20(24)26)15-7-4-5-10-18(15)22/h4-10H,1-2,11H2,3H3,(H,23,25). The van der Waals surface area contributed by atoms with E-state index < -0.39 is 23.6 Å². The summed E-state index contributed by atoms with van der Waals surface area (Å²) in [6, 6.07) is 11.2. The second-order valence-electron chi connectivity index (χ2n) is 6.07. The number of benzene rings is 2. The van der Waals surface area contributed by atoms with Crippen LogP contribution in [0, 0.1) is 5.82 Å². The maximum absolute atomic E-state index is 14.2. The highest BCUT2D eigenvalue weighted by atomic mass is 19.1. The van der Waals surface area contributed by atoms with Crippen LogP contribution in [0.5, 0.6) is 0 Å². The third kappa shape index (κ3) is 3.29. The maximum Gasteiger partial charge on any atom is 0.353 e. The molecular weight excluding hydrogens is 363 g/mol. The number of carbonyl (C=O) groups excluding carboxylic acids is 3. The number of ether oxygens (including phenoxy) is 1. The molecule has 28 heavy (non-hydrogen) atoms. The van der Waals surface area contributed by atoms with E-state index in [4.69, 9.17) is 0 Å². The lowest BCUT2D eigenvalue weighted by Crippen LogP contribution is -2.36. The molecule has 2 aromatic rings. The number of nitrogens with zero attached hydrogens (tertiary/aromatic N) is 1. The van der Waals surface area contributed by atoms with Gasteiger partial charge in [0.25, 0.3) is 11.8 Å². The third-order valence-corrected chi connectivity index (χ3v) is 4.42. The molecule has 0 spiro atoms. The second kappa shape index (κ2) is 7.48. The summed E-state index contributed by atoms with van der Waals surface area (Å²) in [5.41, 5.74) is 1.46. The largest absolute Gasteiger partial charge is 0.464 e. The SMILES string of the molecule is C=C(NC(=O)C(=C)N1Cc2c(cccc2-c2ccccc2F)C1=O)C(=O)OC. The van der Waals surface area contributed by atoms with Crippen molar-refractivity contribution in [3.05, 3.63) is 84.0 Å². The van der Waals surface area contributed by atoms with E-state index in [-0.39, 0.29) is 17.9 Å². The van der Waals surface area contributed by atoms with Crippen molar-refractivity contribution in [1.82, 2.24) is 10.2 Å². The predicted molar refractivity (Wildman–Crippen MR) is 100 cm³/mol. The Labute approximate surface area is 160 Å². The van der Waals surface area contributed by atoms with E-state index in [1.165, 1.54) is 11.0 Å². The molecule has 0 aromatic heterocycles. The summed E-state index contributed by atoms with van der Waals surface area (Å²) in [5, 5.41) is 2.25. The predicted octanol–water partition coefficient (Wildman–Crippen LogP) is 2.77. The highest BCUT2D eigenvalue weighted by molar-refractivity contribution is 6.07. The van der Waals surface area contributed by atoms with Crippen molar-refractivity contribution in [2.75, 3.05) is 7.11 Å². The zero-order valence-electron chi connectivity index (χ0n) is 15.1. The van der Waals surface area contributed by atoms with Crippen LogP contribution in [0.25, 0.3) is 11.1 Å². The van der Waals surface area contributed by atoms with Gasteiger partial charge < -0.3 is 10.1 Å². The molecule has 0 unspecified atom stereocenters. The molecule has 2 aromatic carbocycles. The molecule has 142 valence electrons. The van der Waals surface area contributed by atoms with Gasteiger partial charge in [-0.05, 0) is 23.3 Å². The molecule has 0 aliphatic carbocycles. The lowest BCUT2D eigenvalue weighted by Gasteiger charge is -2.18. The van der Waals surface area contributed by atoms with Gasteiger partial charge >= 0.3 is 5.97 Å². The lowest BCUT2D eigenvalue weighted by molar-refractivity contribution is -0.137. The summed E-state index contributed by atoms with van der Waals surface area (Å²) in [6.45, 7) is 7.11. The summed E-state index contributed by atoms with van der Waals surface area (Å²) in [6.07, 6.45) is 0. The van der Waals surface area contributed by atoms with Gasteiger partial charge in [0.05, 0.1) is 13.7 Å². The van der Waals surface area contributed by atoms with E-state index in [1.807, 2.05) is 0 Å². The molecule has 0 saturated heterocycles. The zero-order chi connectivity index (χ0) is 20.4. The van der Waals surface area contributed by atoms with E-state index in [9.17, 15) is 18.8 Å². The Bertz CT molecular complexity index is 1030. The minimum absolute atomic E-state index is 0.0512.